The van der Waals surface area contributed by atoms with Crippen LogP contribution in [0.25, 0.3) is 10.8 Å². The van der Waals surface area contributed by atoms with Gasteiger partial charge in [-0.05, 0) is 24.3 Å². The summed E-state index contributed by atoms with van der Waals surface area (Å²) >= 11 is 11.9. The average Bonchev–Trinajstić information content (AvgIpc) is 2.57. The normalized spacial score (nSPS) is 10.6. The summed E-state index contributed by atoms with van der Waals surface area (Å²) in [6, 6.07) is 14.1. The molecule has 0 aliphatic heterocycles. The van der Waals surface area contributed by atoms with E-state index in [9.17, 15) is 14.9 Å². The Bertz CT molecular complexity index is 972. The molecular weight excluding hydrogens is 353 g/mol. The van der Waals surface area contributed by atoms with Crippen LogP contribution in [0.1, 0.15) is 10.4 Å². The lowest BCUT2D eigenvalue weighted by Gasteiger charge is -2.09. The van der Waals surface area contributed by atoms with Gasteiger partial charge in [-0.15, -0.1) is 0 Å². The van der Waals surface area contributed by atoms with Crippen molar-refractivity contribution >= 4 is 45.6 Å². The molecule has 24 heavy (non-hydrogen) atoms. The molecule has 0 saturated carbocycles. The average molecular weight is 362 g/mol. The van der Waals surface area contributed by atoms with Crippen LogP contribution in [-0.2, 0) is 0 Å². The smallest absolute Gasteiger partial charge is 0.343 e. The zero-order valence-electron chi connectivity index (χ0n) is 12.0. The minimum atomic E-state index is -0.720. The summed E-state index contributed by atoms with van der Waals surface area (Å²) in [6.45, 7) is 0. The summed E-state index contributed by atoms with van der Waals surface area (Å²) < 4.78 is 5.38. The maximum atomic E-state index is 12.3. The number of fused-ring (bicyclic) bond motifs is 1. The van der Waals surface area contributed by atoms with Gasteiger partial charge in [-0.1, -0.05) is 47.5 Å². The molecule has 3 aromatic carbocycles. The number of nitrogens with zero attached hydrogens (tertiary/aromatic N) is 1. The molecule has 0 amide bonds. The van der Waals surface area contributed by atoms with Gasteiger partial charge in [0.25, 0.3) is 5.69 Å². The minimum Gasteiger partial charge on any atom is -0.422 e. The molecular formula is C17H9Cl2NO4. The second kappa shape index (κ2) is 6.47. The molecule has 0 unspecified atom stereocenters. The summed E-state index contributed by atoms with van der Waals surface area (Å²) in [5, 5.41) is 12.8. The quantitative estimate of drug-likeness (QED) is 0.275. The molecule has 0 radical (unpaired) electrons. The number of carbonyl (C=O) groups is 1. The van der Waals surface area contributed by atoms with Crippen LogP contribution in [0, 0.1) is 10.1 Å². The van der Waals surface area contributed by atoms with E-state index in [0.717, 1.165) is 11.5 Å². The third-order valence-corrected chi connectivity index (χ3v) is 4.06. The van der Waals surface area contributed by atoms with E-state index in [1.807, 2.05) is 12.1 Å². The molecule has 120 valence electrons. The van der Waals surface area contributed by atoms with Crippen LogP contribution < -0.4 is 4.74 Å². The molecule has 0 spiro atoms. The maximum absolute atomic E-state index is 12.3. The number of carbonyl (C=O) groups excluding carboxylic acids is 1. The fraction of sp³-hybridized carbons (Fsp3) is 0. The van der Waals surface area contributed by atoms with Gasteiger partial charge < -0.3 is 4.74 Å². The highest BCUT2D eigenvalue weighted by Gasteiger charge is 2.18. The van der Waals surface area contributed by atoms with Crippen LogP contribution in [0.3, 0.4) is 0 Å². The van der Waals surface area contributed by atoms with Crippen LogP contribution in [0.5, 0.6) is 5.75 Å². The first-order valence-electron chi connectivity index (χ1n) is 6.81. The van der Waals surface area contributed by atoms with Crippen molar-refractivity contribution in [2.75, 3.05) is 0 Å². The molecule has 0 atom stereocenters. The molecule has 0 saturated heterocycles. The van der Waals surface area contributed by atoms with Crippen molar-refractivity contribution in [1.82, 2.24) is 0 Å². The van der Waals surface area contributed by atoms with Crippen molar-refractivity contribution in [1.29, 1.82) is 0 Å². The Morgan fingerprint density at radius 3 is 2.33 bits per heavy atom. The van der Waals surface area contributed by atoms with E-state index in [1.165, 1.54) is 12.1 Å². The molecule has 5 nitrogen and oxygen atoms in total. The Balaban J connectivity index is 1.98. The predicted molar refractivity (Wildman–Crippen MR) is 92.0 cm³/mol. The van der Waals surface area contributed by atoms with Crippen molar-refractivity contribution in [3.05, 3.63) is 80.3 Å². The largest absolute Gasteiger partial charge is 0.422 e. The molecule has 0 bridgehead atoms. The van der Waals surface area contributed by atoms with Gasteiger partial charge in [0.2, 0.25) is 0 Å². The van der Waals surface area contributed by atoms with E-state index < -0.39 is 10.9 Å². The summed E-state index contributed by atoms with van der Waals surface area (Å²) in [5.74, 6) is -0.403. The van der Waals surface area contributed by atoms with Gasteiger partial charge in [-0.25, -0.2) is 4.79 Å². The van der Waals surface area contributed by atoms with E-state index in [4.69, 9.17) is 27.9 Å². The Hall–Kier alpha value is -2.63. The zero-order valence-corrected chi connectivity index (χ0v) is 13.5. The van der Waals surface area contributed by atoms with E-state index in [1.54, 1.807) is 24.3 Å². The van der Waals surface area contributed by atoms with Crippen molar-refractivity contribution in [3.8, 4) is 5.75 Å². The van der Waals surface area contributed by atoms with E-state index in [-0.39, 0.29) is 16.3 Å². The molecule has 0 aliphatic carbocycles. The lowest BCUT2D eigenvalue weighted by molar-refractivity contribution is -0.384. The number of nitro benzene ring substituents is 1. The predicted octanol–water partition coefficient (Wildman–Crippen LogP) is 5.27. The molecule has 0 heterocycles. The topological polar surface area (TPSA) is 69.4 Å². The molecule has 0 aliphatic rings. The van der Waals surface area contributed by atoms with Gasteiger partial charge in [0.05, 0.1) is 10.5 Å². The Kier molecular flexibility index (Phi) is 4.38. The second-order valence-corrected chi connectivity index (χ2v) is 5.72. The fourth-order valence-electron chi connectivity index (χ4n) is 2.26. The SMILES string of the molecule is O=C(Oc1ccc(Cl)c2ccccc12)c1ccc(Cl)c([N+](=O)[O-])c1. The Morgan fingerprint density at radius 2 is 1.62 bits per heavy atom. The molecule has 0 fully saturated rings. The summed E-state index contributed by atoms with van der Waals surface area (Å²) in [6.07, 6.45) is 0. The van der Waals surface area contributed by atoms with Crippen LogP contribution in [0.2, 0.25) is 10.0 Å². The van der Waals surface area contributed by atoms with E-state index >= 15 is 0 Å². The molecule has 3 rings (SSSR count). The highest BCUT2D eigenvalue weighted by atomic mass is 35.5. The van der Waals surface area contributed by atoms with Crippen LogP contribution in [0.4, 0.5) is 5.69 Å². The lowest BCUT2D eigenvalue weighted by atomic mass is 10.1. The number of benzene rings is 3. The van der Waals surface area contributed by atoms with E-state index in [2.05, 4.69) is 0 Å². The van der Waals surface area contributed by atoms with Crippen molar-refractivity contribution < 1.29 is 14.5 Å². The third-order valence-electron chi connectivity index (χ3n) is 3.41. The van der Waals surface area contributed by atoms with Crippen molar-refractivity contribution in [2.24, 2.45) is 0 Å². The van der Waals surface area contributed by atoms with Gasteiger partial charge >= 0.3 is 5.97 Å². The van der Waals surface area contributed by atoms with Crippen molar-refractivity contribution in [3.63, 3.8) is 0 Å². The van der Waals surface area contributed by atoms with Gasteiger partial charge in [-0.3, -0.25) is 10.1 Å². The number of halogens is 2. The van der Waals surface area contributed by atoms with Gasteiger partial charge in [0.15, 0.2) is 0 Å². The monoisotopic (exact) mass is 361 g/mol. The highest BCUT2D eigenvalue weighted by molar-refractivity contribution is 6.35. The number of hydrogen-bond acceptors (Lipinski definition) is 4. The van der Waals surface area contributed by atoms with Crippen LogP contribution in [-0.4, -0.2) is 10.9 Å². The number of ether oxygens (including phenoxy) is 1. The number of esters is 1. The van der Waals surface area contributed by atoms with Crippen LogP contribution in [0.15, 0.2) is 54.6 Å². The summed E-state index contributed by atoms with van der Waals surface area (Å²) in [7, 11) is 0. The van der Waals surface area contributed by atoms with E-state index in [0.29, 0.717) is 16.2 Å². The molecule has 3 aromatic rings. The van der Waals surface area contributed by atoms with Crippen molar-refractivity contribution in [2.45, 2.75) is 0 Å². The number of rotatable bonds is 3. The fourth-order valence-corrected chi connectivity index (χ4v) is 2.68. The Morgan fingerprint density at radius 1 is 0.958 bits per heavy atom. The second-order valence-electron chi connectivity index (χ2n) is 4.90. The molecule has 0 N–H and O–H groups in total. The standard InChI is InChI=1S/C17H9Cl2NO4/c18-13-7-8-16(12-4-2-1-3-11(12)13)24-17(21)10-5-6-14(19)15(9-10)20(22)23/h1-9H. The summed E-state index contributed by atoms with van der Waals surface area (Å²) in [5.41, 5.74) is -0.322. The first kappa shape index (κ1) is 16.2. The Labute approximate surface area is 146 Å². The zero-order chi connectivity index (χ0) is 17.3. The van der Waals surface area contributed by atoms with Gasteiger partial charge in [-0.2, -0.15) is 0 Å². The number of nitro groups is 1. The van der Waals surface area contributed by atoms with Gasteiger partial charge in [0, 0.05) is 21.9 Å². The molecule has 0 aromatic heterocycles. The van der Waals surface area contributed by atoms with Crippen LogP contribution >= 0.6 is 23.2 Å². The first-order valence-corrected chi connectivity index (χ1v) is 7.56. The summed E-state index contributed by atoms with van der Waals surface area (Å²) in [4.78, 5) is 22.6. The highest BCUT2D eigenvalue weighted by Crippen LogP contribution is 2.32. The molecule has 7 heteroatoms. The number of hydrogen-bond donors (Lipinski definition) is 0. The minimum absolute atomic E-state index is 0.0325. The lowest BCUT2D eigenvalue weighted by Crippen LogP contribution is -2.09. The maximum Gasteiger partial charge on any atom is 0.343 e. The first-order chi connectivity index (χ1) is 11.5. The van der Waals surface area contributed by atoms with Gasteiger partial charge in [0.1, 0.15) is 10.8 Å². The third kappa shape index (κ3) is 3.04.